The van der Waals surface area contributed by atoms with Crippen LogP contribution in [0.2, 0.25) is 0 Å². The van der Waals surface area contributed by atoms with Crippen LogP contribution in [0.15, 0.2) is 34.9 Å². The highest BCUT2D eigenvalue weighted by Gasteiger charge is 2.31. The molecule has 40 heavy (non-hydrogen) atoms. The molecule has 1 aliphatic carbocycles. The van der Waals surface area contributed by atoms with E-state index in [1.807, 2.05) is 13.8 Å². The first-order chi connectivity index (χ1) is 19.0. The number of nitrogens with one attached hydrogen (secondary N) is 3. The van der Waals surface area contributed by atoms with Gasteiger partial charge in [-0.2, -0.15) is 0 Å². The standard InChI is InChI=1S/C29H37FN4O6/c1-17(2)12-23(27(37)31-22(16-35)15-20-6-4-5-7-26(20)36)32-28(38)24(14-19-8-10-21(30)11-9-19)33-29(39)25-13-18(3)40-34-25/h8-11,13,16-17,20,22-24H,4-7,12,14-15H2,1-3H3,(H,31,37)(H,32,38)(H,33,39)/t20-,22-,23-,24-/m0/s1. The topological polar surface area (TPSA) is 147 Å². The molecule has 1 saturated carbocycles. The van der Waals surface area contributed by atoms with Crippen molar-refractivity contribution in [1.82, 2.24) is 21.1 Å². The molecule has 2 aromatic rings. The van der Waals surface area contributed by atoms with Crippen LogP contribution in [0.4, 0.5) is 4.39 Å². The van der Waals surface area contributed by atoms with Gasteiger partial charge in [0.2, 0.25) is 11.8 Å². The van der Waals surface area contributed by atoms with Crippen molar-refractivity contribution in [3.8, 4) is 0 Å². The highest BCUT2D eigenvalue weighted by molar-refractivity contribution is 5.97. The average molecular weight is 557 g/mol. The van der Waals surface area contributed by atoms with Crippen LogP contribution < -0.4 is 16.0 Å². The molecule has 4 atom stereocenters. The molecular formula is C29H37FN4O6. The number of carbonyl (C=O) groups excluding carboxylic acids is 5. The van der Waals surface area contributed by atoms with E-state index in [-0.39, 0.29) is 42.6 Å². The molecule has 1 aliphatic rings. The summed E-state index contributed by atoms with van der Waals surface area (Å²) in [6.07, 6.45) is 4.02. The maximum atomic E-state index is 13.5. The number of hydrogen-bond acceptors (Lipinski definition) is 7. The molecule has 0 unspecified atom stereocenters. The SMILES string of the molecule is Cc1cc(C(=O)N[C@@H](Cc2ccc(F)cc2)C(=O)N[C@@H](CC(C)C)C(=O)N[C@H](C=O)C[C@@H]2CCCCC2=O)no1. The quantitative estimate of drug-likeness (QED) is 0.321. The zero-order valence-electron chi connectivity index (χ0n) is 23.1. The molecule has 1 aromatic heterocycles. The number of aryl methyl sites for hydroxylation is 1. The molecule has 0 saturated heterocycles. The Bertz CT molecular complexity index is 1200. The van der Waals surface area contributed by atoms with E-state index in [9.17, 15) is 28.4 Å². The summed E-state index contributed by atoms with van der Waals surface area (Å²) in [6.45, 7) is 5.39. The maximum Gasteiger partial charge on any atom is 0.274 e. The molecule has 3 rings (SSSR count). The fourth-order valence-electron chi connectivity index (χ4n) is 4.79. The predicted octanol–water partition coefficient (Wildman–Crippen LogP) is 2.83. The Kier molecular flexibility index (Phi) is 11.1. The van der Waals surface area contributed by atoms with Crippen LogP contribution in [0, 0.1) is 24.6 Å². The molecule has 0 spiro atoms. The third-order valence-electron chi connectivity index (χ3n) is 6.89. The molecule has 1 aromatic carbocycles. The van der Waals surface area contributed by atoms with Crippen LogP contribution in [0.3, 0.4) is 0 Å². The van der Waals surface area contributed by atoms with E-state index in [1.54, 1.807) is 6.92 Å². The van der Waals surface area contributed by atoms with E-state index in [1.165, 1.54) is 30.3 Å². The number of ketones is 1. The molecular weight excluding hydrogens is 519 g/mol. The predicted molar refractivity (Wildman–Crippen MR) is 144 cm³/mol. The van der Waals surface area contributed by atoms with Crippen LogP contribution in [-0.4, -0.2) is 53.1 Å². The van der Waals surface area contributed by atoms with Gasteiger partial charge in [-0.25, -0.2) is 4.39 Å². The van der Waals surface area contributed by atoms with Crippen molar-refractivity contribution >= 4 is 29.8 Å². The van der Waals surface area contributed by atoms with Crippen molar-refractivity contribution in [3.63, 3.8) is 0 Å². The van der Waals surface area contributed by atoms with Crippen molar-refractivity contribution in [2.45, 2.75) is 83.8 Å². The van der Waals surface area contributed by atoms with Crippen molar-refractivity contribution < 1.29 is 32.9 Å². The van der Waals surface area contributed by atoms with Crippen LogP contribution in [-0.2, 0) is 25.6 Å². The Hall–Kier alpha value is -3.89. The van der Waals surface area contributed by atoms with Gasteiger partial charge < -0.3 is 25.3 Å². The van der Waals surface area contributed by atoms with Crippen molar-refractivity contribution in [1.29, 1.82) is 0 Å². The summed E-state index contributed by atoms with van der Waals surface area (Å²) in [6, 6.07) is 3.93. The lowest BCUT2D eigenvalue weighted by Crippen LogP contribution is -2.56. The largest absolute Gasteiger partial charge is 0.361 e. The van der Waals surface area contributed by atoms with Gasteiger partial charge in [0.15, 0.2) is 5.69 Å². The van der Waals surface area contributed by atoms with E-state index in [4.69, 9.17) is 4.52 Å². The summed E-state index contributed by atoms with van der Waals surface area (Å²) in [7, 11) is 0. The van der Waals surface area contributed by atoms with Crippen LogP contribution >= 0.6 is 0 Å². The number of Topliss-reactive ketones (excluding diaryl/α,β-unsaturated/α-hetero) is 1. The van der Waals surface area contributed by atoms with Crippen molar-refractivity contribution in [3.05, 3.63) is 53.2 Å². The van der Waals surface area contributed by atoms with Crippen LogP contribution in [0.25, 0.3) is 0 Å². The number of aldehydes is 1. The number of nitrogens with zero attached hydrogens (tertiary/aromatic N) is 1. The zero-order valence-corrected chi connectivity index (χ0v) is 23.1. The third-order valence-corrected chi connectivity index (χ3v) is 6.89. The minimum absolute atomic E-state index is 0.00824. The minimum Gasteiger partial charge on any atom is -0.361 e. The van der Waals surface area contributed by atoms with E-state index < -0.39 is 41.7 Å². The third kappa shape index (κ3) is 9.10. The first kappa shape index (κ1) is 30.6. The summed E-state index contributed by atoms with van der Waals surface area (Å²) < 4.78 is 18.4. The second kappa shape index (κ2) is 14.5. The molecule has 1 fully saturated rings. The molecule has 0 aliphatic heterocycles. The highest BCUT2D eigenvalue weighted by atomic mass is 19.1. The molecule has 1 heterocycles. The van der Waals surface area contributed by atoms with Crippen LogP contribution in [0.1, 0.15) is 74.2 Å². The normalized spacial score (nSPS) is 17.5. The molecule has 3 amide bonds. The van der Waals surface area contributed by atoms with Crippen molar-refractivity contribution in [2.75, 3.05) is 0 Å². The monoisotopic (exact) mass is 556 g/mol. The second-order valence-electron chi connectivity index (χ2n) is 10.8. The average Bonchev–Trinajstić information content (AvgIpc) is 3.36. The first-order valence-corrected chi connectivity index (χ1v) is 13.6. The summed E-state index contributed by atoms with van der Waals surface area (Å²) >= 11 is 0. The maximum absolute atomic E-state index is 13.5. The fourth-order valence-corrected chi connectivity index (χ4v) is 4.79. The molecule has 11 heteroatoms. The smallest absolute Gasteiger partial charge is 0.274 e. The number of halogens is 1. The Morgan fingerprint density at radius 2 is 1.77 bits per heavy atom. The Morgan fingerprint density at radius 1 is 1.07 bits per heavy atom. The van der Waals surface area contributed by atoms with Crippen molar-refractivity contribution in [2.24, 2.45) is 11.8 Å². The second-order valence-corrected chi connectivity index (χ2v) is 10.8. The number of hydrogen-bond donors (Lipinski definition) is 3. The van der Waals surface area contributed by atoms with E-state index in [0.717, 1.165) is 12.8 Å². The lowest BCUT2D eigenvalue weighted by molar-refractivity contribution is -0.131. The van der Waals surface area contributed by atoms with Gasteiger partial charge in [-0.15, -0.1) is 0 Å². The van der Waals surface area contributed by atoms with Gasteiger partial charge >= 0.3 is 0 Å². The molecule has 216 valence electrons. The number of carbonyl (C=O) groups is 5. The van der Waals surface area contributed by atoms with E-state index in [0.29, 0.717) is 30.5 Å². The Morgan fingerprint density at radius 3 is 2.38 bits per heavy atom. The lowest BCUT2D eigenvalue weighted by Gasteiger charge is -2.27. The highest BCUT2D eigenvalue weighted by Crippen LogP contribution is 2.24. The van der Waals surface area contributed by atoms with Crippen LogP contribution in [0.5, 0.6) is 0 Å². The number of aromatic nitrogens is 1. The van der Waals surface area contributed by atoms with Gasteiger partial charge in [0.05, 0.1) is 6.04 Å². The Balaban J connectivity index is 1.74. The molecule has 10 nitrogen and oxygen atoms in total. The molecule has 3 N–H and O–H groups in total. The van der Waals surface area contributed by atoms with Gasteiger partial charge in [0.1, 0.15) is 35.7 Å². The van der Waals surface area contributed by atoms with Gasteiger partial charge in [0.25, 0.3) is 5.91 Å². The molecule has 0 radical (unpaired) electrons. The fraction of sp³-hybridized carbons (Fsp3) is 0.517. The van der Waals surface area contributed by atoms with Gasteiger partial charge in [-0.3, -0.25) is 19.2 Å². The minimum atomic E-state index is -1.13. The summed E-state index contributed by atoms with van der Waals surface area (Å²) in [5.74, 6) is -2.04. The number of benzene rings is 1. The zero-order chi connectivity index (χ0) is 29.2. The van der Waals surface area contributed by atoms with E-state index in [2.05, 4.69) is 21.1 Å². The van der Waals surface area contributed by atoms with Gasteiger partial charge in [0, 0.05) is 24.8 Å². The summed E-state index contributed by atoms with van der Waals surface area (Å²) in [5.41, 5.74) is 0.568. The Labute approximate surface area is 232 Å². The first-order valence-electron chi connectivity index (χ1n) is 13.6. The van der Waals surface area contributed by atoms with Gasteiger partial charge in [-0.1, -0.05) is 37.6 Å². The van der Waals surface area contributed by atoms with E-state index >= 15 is 0 Å². The summed E-state index contributed by atoms with van der Waals surface area (Å²) in [4.78, 5) is 63.5. The number of amides is 3. The molecule has 0 bridgehead atoms. The summed E-state index contributed by atoms with van der Waals surface area (Å²) in [5, 5.41) is 11.7. The number of rotatable bonds is 13. The van der Waals surface area contributed by atoms with Gasteiger partial charge in [-0.05, 0) is 56.2 Å². The lowest BCUT2D eigenvalue weighted by atomic mass is 9.84.